The molecule has 0 unspecified atom stereocenters. The molecule has 0 radical (unpaired) electrons. The molecule has 0 bridgehead atoms. The molecule has 1 heterocycles. The highest BCUT2D eigenvalue weighted by Crippen LogP contribution is 2.20. The Kier molecular flexibility index (Phi) is 6.29. The molecule has 0 saturated carbocycles. The van der Waals surface area contributed by atoms with Crippen molar-refractivity contribution in [2.75, 3.05) is 32.8 Å². The Morgan fingerprint density at radius 1 is 0.964 bits per heavy atom. The van der Waals surface area contributed by atoms with Crippen LogP contribution < -0.4 is 4.74 Å². The lowest BCUT2D eigenvalue weighted by atomic mass is 10.1. The van der Waals surface area contributed by atoms with Crippen molar-refractivity contribution in [3.63, 3.8) is 0 Å². The molecule has 0 aromatic heterocycles. The van der Waals surface area contributed by atoms with Gasteiger partial charge in [0.05, 0.1) is 5.56 Å². The van der Waals surface area contributed by atoms with Crippen LogP contribution in [0.5, 0.6) is 5.75 Å². The molecule has 28 heavy (non-hydrogen) atoms. The van der Waals surface area contributed by atoms with Crippen molar-refractivity contribution in [1.82, 2.24) is 9.80 Å². The molecule has 0 spiro atoms. The van der Waals surface area contributed by atoms with E-state index >= 15 is 0 Å². The van der Waals surface area contributed by atoms with Gasteiger partial charge >= 0.3 is 0 Å². The van der Waals surface area contributed by atoms with Gasteiger partial charge in [-0.1, -0.05) is 24.3 Å². The molecule has 0 aliphatic carbocycles. The van der Waals surface area contributed by atoms with E-state index in [1.165, 1.54) is 12.1 Å². The molecule has 5 nitrogen and oxygen atoms in total. The average molecular weight is 384 g/mol. The molecule has 1 aliphatic rings. The fourth-order valence-corrected chi connectivity index (χ4v) is 3.29. The number of benzene rings is 2. The predicted molar refractivity (Wildman–Crippen MR) is 105 cm³/mol. The number of aryl methyl sites for hydroxylation is 1. The number of halogens is 1. The summed E-state index contributed by atoms with van der Waals surface area (Å²) < 4.78 is 19.6. The zero-order valence-electron chi connectivity index (χ0n) is 16.3. The van der Waals surface area contributed by atoms with Crippen LogP contribution >= 0.6 is 0 Å². The fraction of sp³-hybridized carbons (Fsp3) is 0.364. The Bertz CT molecular complexity index is 869. The lowest BCUT2D eigenvalue weighted by Gasteiger charge is -2.22. The van der Waals surface area contributed by atoms with Gasteiger partial charge in [0.15, 0.2) is 6.61 Å². The lowest BCUT2D eigenvalue weighted by molar-refractivity contribution is -0.133. The molecule has 148 valence electrons. The maximum atomic E-state index is 13.9. The second-order valence-corrected chi connectivity index (χ2v) is 6.99. The molecule has 1 aliphatic heterocycles. The molecule has 2 aromatic carbocycles. The normalized spacial score (nSPS) is 14.5. The summed E-state index contributed by atoms with van der Waals surface area (Å²) in [6.45, 7) is 5.77. The van der Waals surface area contributed by atoms with Gasteiger partial charge < -0.3 is 14.5 Å². The maximum absolute atomic E-state index is 13.9. The van der Waals surface area contributed by atoms with E-state index < -0.39 is 5.82 Å². The van der Waals surface area contributed by atoms with E-state index in [1.807, 2.05) is 32.0 Å². The highest BCUT2D eigenvalue weighted by molar-refractivity contribution is 5.94. The number of ether oxygens (including phenoxy) is 1. The molecule has 1 fully saturated rings. The van der Waals surface area contributed by atoms with Gasteiger partial charge in [-0.3, -0.25) is 9.59 Å². The van der Waals surface area contributed by atoms with E-state index in [4.69, 9.17) is 4.74 Å². The Balaban J connectivity index is 1.57. The molecule has 1 saturated heterocycles. The minimum Gasteiger partial charge on any atom is -0.483 e. The SMILES string of the molecule is Cc1cccc(OCC(=O)N2CCCN(C(=O)c3ccccc3F)CC2)c1C. The molecule has 2 amide bonds. The summed E-state index contributed by atoms with van der Waals surface area (Å²) in [7, 11) is 0. The minimum absolute atomic E-state index is 0.0362. The molecular formula is C22H25FN2O3. The Labute approximate surface area is 164 Å². The summed E-state index contributed by atoms with van der Waals surface area (Å²) in [5.41, 5.74) is 2.20. The zero-order chi connectivity index (χ0) is 20.1. The van der Waals surface area contributed by atoms with E-state index in [0.717, 1.165) is 11.1 Å². The number of hydrogen-bond acceptors (Lipinski definition) is 3. The van der Waals surface area contributed by atoms with Crippen LogP contribution in [0.25, 0.3) is 0 Å². The largest absolute Gasteiger partial charge is 0.483 e. The monoisotopic (exact) mass is 384 g/mol. The summed E-state index contributed by atoms with van der Waals surface area (Å²) in [6, 6.07) is 11.7. The number of carbonyl (C=O) groups excluding carboxylic acids is 2. The molecule has 0 atom stereocenters. The van der Waals surface area contributed by atoms with Crippen molar-refractivity contribution in [3.05, 3.63) is 65.0 Å². The number of amides is 2. The molecule has 0 N–H and O–H groups in total. The fourth-order valence-electron chi connectivity index (χ4n) is 3.29. The van der Waals surface area contributed by atoms with Crippen molar-refractivity contribution in [2.45, 2.75) is 20.3 Å². The number of rotatable bonds is 4. The second-order valence-electron chi connectivity index (χ2n) is 6.99. The van der Waals surface area contributed by atoms with Crippen molar-refractivity contribution in [3.8, 4) is 5.75 Å². The van der Waals surface area contributed by atoms with E-state index in [0.29, 0.717) is 38.3 Å². The van der Waals surface area contributed by atoms with Crippen LogP contribution in [0, 0.1) is 19.7 Å². The first-order valence-corrected chi connectivity index (χ1v) is 9.48. The van der Waals surface area contributed by atoms with Gasteiger partial charge in [0.1, 0.15) is 11.6 Å². The second kappa shape index (κ2) is 8.87. The first kappa shape index (κ1) is 19.9. The summed E-state index contributed by atoms with van der Waals surface area (Å²) in [5, 5.41) is 0. The van der Waals surface area contributed by atoms with Gasteiger partial charge in [-0.05, 0) is 49.6 Å². The zero-order valence-corrected chi connectivity index (χ0v) is 16.3. The Morgan fingerprint density at radius 3 is 2.46 bits per heavy atom. The number of nitrogens with zero attached hydrogens (tertiary/aromatic N) is 2. The summed E-state index contributed by atoms with van der Waals surface area (Å²) in [5.74, 6) is -0.258. The van der Waals surface area contributed by atoms with E-state index in [-0.39, 0.29) is 24.0 Å². The van der Waals surface area contributed by atoms with Crippen LogP contribution in [-0.4, -0.2) is 54.4 Å². The number of carbonyl (C=O) groups is 2. The van der Waals surface area contributed by atoms with Crippen LogP contribution in [0.4, 0.5) is 4.39 Å². The third kappa shape index (κ3) is 4.50. The Hall–Kier alpha value is -2.89. The van der Waals surface area contributed by atoms with E-state index in [1.54, 1.807) is 21.9 Å². The van der Waals surface area contributed by atoms with Gasteiger partial charge in [-0.15, -0.1) is 0 Å². The summed E-state index contributed by atoms with van der Waals surface area (Å²) >= 11 is 0. The lowest BCUT2D eigenvalue weighted by Crippen LogP contribution is -2.39. The Morgan fingerprint density at radius 2 is 1.68 bits per heavy atom. The van der Waals surface area contributed by atoms with Gasteiger partial charge in [0.2, 0.25) is 0 Å². The molecule has 2 aromatic rings. The smallest absolute Gasteiger partial charge is 0.260 e. The van der Waals surface area contributed by atoms with Crippen LogP contribution in [0.15, 0.2) is 42.5 Å². The molecular weight excluding hydrogens is 359 g/mol. The maximum Gasteiger partial charge on any atom is 0.260 e. The summed E-state index contributed by atoms with van der Waals surface area (Å²) in [6.07, 6.45) is 0.648. The highest BCUT2D eigenvalue weighted by atomic mass is 19.1. The quantitative estimate of drug-likeness (QED) is 0.813. The average Bonchev–Trinajstić information content (AvgIpc) is 2.95. The topological polar surface area (TPSA) is 49.9 Å². The van der Waals surface area contributed by atoms with Gasteiger partial charge in [-0.2, -0.15) is 0 Å². The minimum atomic E-state index is -0.522. The van der Waals surface area contributed by atoms with Crippen molar-refractivity contribution >= 4 is 11.8 Å². The van der Waals surface area contributed by atoms with E-state index in [9.17, 15) is 14.0 Å². The van der Waals surface area contributed by atoms with Crippen LogP contribution in [0.1, 0.15) is 27.9 Å². The predicted octanol–water partition coefficient (Wildman–Crippen LogP) is 3.20. The first-order valence-electron chi connectivity index (χ1n) is 9.48. The summed E-state index contributed by atoms with van der Waals surface area (Å²) in [4.78, 5) is 28.5. The van der Waals surface area contributed by atoms with Crippen molar-refractivity contribution in [2.24, 2.45) is 0 Å². The van der Waals surface area contributed by atoms with Crippen molar-refractivity contribution < 1.29 is 18.7 Å². The first-order chi connectivity index (χ1) is 13.5. The highest BCUT2D eigenvalue weighted by Gasteiger charge is 2.24. The van der Waals surface area contributed by atoms with E-state index in [2.05, 4.69) is 0 Å². The third-order valence-corrected chi connectivity index (χ3v) is 5.15. The third-order valence-electron chi connectivity index (χ3n) is 5.15. The van der Waals surface area contributed by atoms with Gasteiger partial charge in [0.25, 0.3) is 11.8 Å². The van der Waals surface area contributed by atoms with Crippen LogP contribution in [0.2, 0.25) is 0 Å². The van der Waals surface area contributed by atoms with Gasteiger partial charge in [0, 0.05) is 26.2 Å². The van der Waals surface area contributed by atoms with Gasteiger partial charge in [-0.25, -0.2) is 4.39 Å². The molecule has 6 heteroatoms. The molecule has 3 rings (SSSR count). The van der Waals surface area contributed by atoms with Crippen molar-refractivity contribution in [1.29, 1.82) is 0 Å². The van der Waals surface area contributed by atoms with Crippen LogP contribution in [0.3, 0.4) is 0 Å². The van der Waals surface area contributed by atoms with Crippen LogP contribution in [-0.2, 0) is 4.79 Å². The standard InChI is InChI=1S/C22H25FN2O3/c1-16-7-5-10-20(17(16)2)28-15-21(26)24-11-6-12-25(14-13-24)22(27)18-8-3-4-9-19(18)23/h3-5,7-10H,6,11-15H2,1-2H3. The number of hydrogen-bond donors (Lipinski definition) is 0.